The van der Waals surface area contributed by atoms with Gasteiger partial charge in [0.2, 0.25) is 0 Å². The Morgan fingerprint density at radius 2 is 2.06 bits per heavy atom. The second-order valence-corrected chi connectivity index (χ2v) is 3.58. The molecule has 0 amide bonds. The van der Waals surface area contributed by atoms with Crippen LogP contribution in [0.25, 0.3) is 5.69 Å². The molecule has 18 heavy (non-hydrogen) atoms. The summed E-state index contributed by atoms with van der Waals surface area (Å²) in [5.74, 6) is -1.31. The van der Waals surface area contributed by atoms with Gasteiger partial charge in [0.25, 0.3) is 0 Å². The number of aryl methyl sites for hydroxylation is 1. The van der Waals surface area contributed by atoms with Gasteiger partial charge in [0.1, 0.15) is 12.0 Å². The number of aromatic nitrogens is 3. The molecule has 2 rings (SSSR count). The van der Waals surface area contributed by atoms with Gasteiger partial charge < -0.3 is 0 Å². The third-order valence-corrected chi connectivity index (χ3v) is 2.40. The first kappa shape index (κ1) is 12.5. The van der Waals surface area contributed by atoms with Gasteiger partial charge in [-0.25, -0.2) is 9.07 Å². The molecule has 0 fully saturated rings. The lowest BCUT2D eigenvalue weighted by Crippen LogP contribution is -2.10. The molecule has 0 aliphatic carbocycles. The number of rotatable bonds is 2. The maximum atomic E-state index is 13.1. The standard InChI is InChI=1S/C11H8F4N3/c1-2-7-6-16-17-18(7)8-3-4-10(12)9(5-8)11(13,14)15/h3-5H,2H2,1H3. The van der Waals surface area contributed by atoms with Gasteiger partial charge in [-0.2, -0.15) is 13.2 Å². The van der Waals surface area contributed by atoms with E-state index in [1.807, 2.05) is 0 Å². The average Bonchev–Trinajstić information content (AvgIpc) is 2.76. The average molecular weight is 258 g/mol. The molecule has 1 aromatic carbocycles. The maximum absolute atomic E-state index is 13.1. The zero-order valence-corrected chi connectivity index (χ0v) is 9.29. The molecule has 3 nitrogen and oxygen atoms in total. The van der Waals surface area contributed by atoms with Crippen molar-refractivity contribution in [2.75, 3.05) is 0 Å². The summed E-state index contributed by atoms with van der Waals surface area (Å²) in [5.41, 5.74) is -0.693. The number of alkyl halides is 3. The Morgan fingerprint density at radius 1 is 1.33 bits per heavy atom. The van der Waals surface area contributed by atoms with E-state index in [2.05, 4.69) is 16.5 Å². The van der Waals surface area contributed by atoms with Crippen LogP contribution in [0.1, 0.15) is 18.2 Å². The van der Waals surface area contributed by atoms with Crippen LogP contribution < -0.4 is 0 Å². The zero-order chi connectivity index (χ0) is 13.3. The Bertz CT molecular complexity index is 560. The van der Waals surface area contributed by atoms with Crippen molar-refractivity contribution in [2.45, 2.75) is 19.5 Å². The molecule has 0 spiro atoms. The van der Waals surface area contributed by atoms with Gasteiger partial charge in [-0.05, 0) is 24.6 Å². The number of benzene rings is 1. The monoisotopic (exact) mass is 258 g/mol. The molecule has 7 heteroatoms. The second kappa shape index (κ2) is 4.40. The molecule has 0 unspecified atom stereocenters. The molecule has 1 heterocycles. The van der Waals surface area contributed by atoms with E-state index >= 15 is 0 Å². The summed E-state index contributed by atoms with van der Waals surface area (Å²) in [6.45, 7) is 1.79. The van der Waals surface area contributed by atoms with Crippen molar-refractivity contribution in [3.63, 3.8) is 0 Å². The second-order valence-electron chi connectivity index (χ2n) is 3.58. The Morgan fingerprint density at radius 3 is 2.67 bits per heavy atom. The first-order chi connectivity index (χ1) is 8.43. The van der Waals surface area contributed by atoms with Crippen LogP contribution in [0.5, 0.6) is 0 Å². The van der Waals surface area contributed by atoms with Crippen molar-refractivity contribution in [1.29, 1.82) is 0 Å². The smallest absolute Gasteiger partial charge is 0.217 e. The van der Waals surface area contributed by atoms with Crippen molar-refractivity contribution in [3.05, 3.63) is 41.5 Å². The fraction of sp³-hybridized carbons (Fsp3) is 0.273. The van der Waals surface area contributed by atoms with E-state index < -0.39 is 17.6 Å². The third-order valence-electron chi connectivity index (χ3n) is 2.40. The minimum Gasteiger partial charge on any atom is -0.217 e. The van der Waals surface area contributed by atoms with Gasteiger partial charge in [-0.15, -0.1) is 5.10 Å². The highest BCUT2D eigenvalue weighted by Gasteiger charge is 2.34. The van der Waals surface area contributed by atoms with Crippen molar-refractivity contribution in [1.82, 2.24) is 15.0 Å². The lowest BCUT2D eigenvalue weighted by atomic mass is 10.1. The number of hydrogen-bond acceptors (Lipinski definition) is 2. The molecule has 0 aliphatic rings. The van der Waals surface area contributed by atoms with Gasteiger partial charge in [0.15, 0.2) is 0 Å². The normalized spacial score (nSPS) is 11.8. The lowest BCUT2D eigenvalue weighted by molar-refractivity contribution is -0.140. The summed E-state index contributed by atoms with van der Waals surface area (Å²) in [7, 11) is 0. The molecule has 0 aliphatic heterocycles. The largest absolute Gasteiger partial charge is 0.419 e. The SMILES string of the molecule is CCc1[c]nnn1-c1ccc(F)c(C(F)(F)F)c1. The first-order valence-corrected chi connectivity index (χ1v) is 5.13. The maximum Gasteiger partial charge on any atom is 0.419 e. The molecule has 0 atom stereocenters. The first-order valence-electron chi connectivity index (χ1n) is 5.13. The topological polar surface area (TPSA) is 30.7 Å². The Kier molecular flexibility index (Phi) is 3.06. The Labute approximate surface area is 100 Å². The van der Waals surface area contributed by atoms with Gasteiger partial charge in [0.05, 0.1) is 16.9 Å². The van der Waals surface area contributed by atoms with E-state index in [1.165, 1.54) is 10.7 Å². The van der Waals surface area contributed by atoms with E-state index in [9.17, 15) is 17.6 Å². The number of halogens is 4. The van der Waals surface area contributed by atoms with Crippen LogP contribution in [0.4, 0.5) is 17.6 Å². The van der Waals surface area contributed by atoms with E-state index in [0.29, 0.717) is 18.2 Å². The van der Waals surface area contributed by atoms with Gasteiger partial charge in [-0.1, -0.05) is 12.1 Å². The fourth-order valence-corrected chi connectivity index (χ4v) is 1.52. The van der Waals surface area contributed by atoms with Crippen molar-refractivity contribution in [2.24, 2.45) is 0 Å². The molecular weight excluding hydrogens is 250 g/mol. The van der Waals surface area contributed by atoms with Crippen molar-refractivity contribution >= 4 is 0 Å². The predicted molar refractivity (Wildman–Crippen MR) is 54.5 cm³/mol. The molecule has 0 bridgehead atoms. The third kappa shape index (κ3) is 2.20. The van der Waals surface area contributed by atoms with Crippen LogP contribution in [0.15, 0.2) is 18.2 Å². The molecule has 1 aromatic heterocycles. The minimum absolute atomic E-state index is 0.106. The van der Waals surface area contributed by atoms with E-state index in [-0.39, 0.29) is 5.69 Å². The number of nitrogens with zero attached hydrogens (tertiary/aromatic N) is 3. The van der Waals surface area contributed by atoms with Gasteiger partial charge >= 0.3 is 6.18 Å². The van der Waals surface area contributed by atoms with Crippen LogP contribution in [0.2, 0.25) is 0 Å². The summed E-state index contributed by atoms with van der Waals surface area (Å²) >= 11 is 0. The van der Waals surface area contributed by atoms with E-state index in [0.717, 1.165) is 6.07 Å². The fourth-order valence-electron chi connectivity index (χ4n) is 1.52. The van der Waals surface area contributed by atoms with E-state index in [1.54, 1.807) is 6.92 Å². The molecular formula is C11H8F4N3. The highest BCUT2D eigenvalue weighted by atomic mass is 19.4. The quantitative estimate of drug-likeness (QED) is 0.775. The van der Waals surface area contributed by atoms with Crippen LogP contribution >= 0.6 is 0 Å². The Balaban J connectivity index is 2.54. The van der Waals surface area contributed by atoms with Crippen LogP contribution in [0.3, 0.4) is 0 Å². The Hall–Kier alpha value is -1.92. The molecule has 0 saturated heterocycles. The zero-order valence-electron chi connectivity index (χ0n) is 9.29. The van der Waals surface area contributed by atoms with Crippen molar-refractivity contribution < 1.29 is 17.6 Å². The van der Waals surface area contributed by atoms with Crippen LogP contribution in [0, 0.1) is 12.0 Å². The van der Waals surface area contributed by atoms with Gasteiger partial charge in [0, 0.05) is 0 Å². The summed E-state index contributed by atoms with van der Waals surface area (Å²) in [6.07, 6.45) is -1.68. The highest BCUT2D eigenvalue weighted by molar-refractivity contribution is 5.38. The van der Waals surface area contributed by atoms with Gasteiger partial charge in [-0.3, -0.25) is 0 Å². The predicted octanol–water partition coefficient (Wildman–Crippen LogP) is 2.79. The molecule has 2 aromatic rings. The minimum atomic E-state index is -4.74. The van der Waals surface area contributed by atoms with E-state index in [4.69, 9.17) is 0 Å². The molecule has 0 N–H and O–H groups in total. The van der Waals surface area contributed by atoms with Crippen LogP contribution in [-0.2, 0) is 12.6 Å². The molecule has 95 valence electrons. The summed E-state index contributed by atoms with van der Waals surface area (Å²) in [5, 5.41) is 7.13. The molecule has 0 saturated carbocycles. The summed E-state index contributed by atoms with van der Waals surface area (Å²) < 4.78 is 52.0. The summed E-state index contributed by atoms with van der Waals surface area (Å²) in [6, 6.07) is 2.68. The lowest BCUT2D eigenvalue weighted by Gasteiger charge is -2.10. The summed E-state index contributed by atoms with van der Waals surface area (Å²) in [4.78, 5) is 0. The highest BCUT2D eigenvalue weighted by Crippen LogP contribution is 2.32. The molecule has 1 radical (unpaired) electrons. The van der Waals surface area contributed by atoms with Crippen molar-refractivity contribution in [3.8, 4) is 5.69 Å². The number of hydrogen-bond donors (Lipinski definition) is 0. The van der Waals surface area contributed by atoms with Crippen LogP contribution in [-0.4, -0.2) is 15.0 Å².